The molecule has 13 heavy (non-hydrogen) atoms. The van der Waals surface area contributed by atoms with Gasteiger partial charge in [0.2, 0.25) is 5.91 Å². The summed E-state index contributed by atoms with van der Waals surface area (Å²) in [6.07, 6.45) is 2.38. The summed E-state index contributed by atoms with van der Waals surface area (Å²) in [5.74, 6) is 0.160. The number of unbranched alkanes of at least 4 members (excludes halogenated alkanes) is 1. The van der Waals surface area contributed by atoms with Crippen LogP contribution in [-0.4, -0.2) is 36.0 Å². The minimum atomic E-state index is -0.0525. The normalized spacial score (nSPS) is 22.8. The molecule has 0 spiro atoms. The molecule has 3 heteroatoms. The van der Waals surface area contributed by atoms with Crippen LogP contribution in [0.5, 0.6) is 0 Å². The number of nitrogens with zero attached hydrogens (tertiary/aromatic N) is 1. The minimum absolute atomic E-state index is 0.0525. The molecular formula is C10H20N2O. The second kappa shape index (κ2) is 4.09. The van der Waals surface area contributed by atoms with Crippen LogP contribution in [0.25, 0.3) is 0 Å². The van der Waals surface area contributed by atoms with Crippen molar-refractivity contribution in [3.05, 3.63) is 0 Å². The monoisotopic (exact) mass is 184 g/mol. The summed E-state index contributed by atoms with van der Waals surface area (Å²) in [6, 6.07) is 0. The highest BCUT2D eigenvalue weighted by atomic mass is 16.2. The highest BCUT2D eigenvalue weighted by Crippen LogP contribution is 2.11. The molecule has 0 saturated carbocycles. The van der Waals surface area contributed by atoms with E-state index in [0.717, 1.165) is 13.1 Å². The van der Waals surface area contributed by atoms with E-state index in [1.165, 1.54) is 12.8 Å². The van der Waals surface area contributed by atoms with Crippen LogP contribution in [0.2, 0.25) is 0 Å². The van der Waals surface area contributed by atoms with E-state index in [-0.39, 0.29) is 11.4 Å². The molecule has 0 radical (unpaired) electrons. The highest BCUT2D eigenvalue weighted by Gasteiger charge is 2.29. The van der Waals surface area contributed by atoms with Gasteiger partial charge >= 0.3 is 0 Å². The molecular weight excluding hydrogens is 164 g/mol. The molecule has 1 fully saturated rings. The predicted molar refractivity (Wildman–Crippen MR) is 53.6 cm³/mol. The second-order valence-corrected chi connectivity index (χ2v) is 4.50. The molecule has 1 saturated heterocycles. The van der Waals surface area contributed by atoms with Crippen LogP contribution in [-0.2, 0) is 4.79 Å². The number of hydrogen-bond acceptors (Lipinski definition) is 2. The number of piperazine rings is 1. The van der Waals surface area contributed by atoms with E-state index in [0.29, 0.717) is 6.54 Å². The lowest BCUT2D eigenvalue weighted by molar-refractivity contribution is -0.127. The van der Waals surface area contributed by atoms with Gasteiger partial charge in [0.1, 0.15) is 0 Å². The summed E-state index contributed by atoms with van der Waals surface area (Å²) < 4.78 is 0. The summed E-state index contributed by atoms with van der Waals surface area (Å²) in [7, 11) is 0. The molecule has 1 heterocycles. The first-order chi connectivity index (χ1) is 6.03. The molecule has 0 atom stereocenters. The van der Waals surface area contributed by atoms with Gasteiger partial charge in [-0.25, -0.2) is 0 Å². The Labute approximate surface area is 80.5 Å². The summed E-state index contributed by atoms with van der Waals surface area (Å²) in [5, 5.41) is 2.98. The number of nitrogens with one attached hydrogen (secondary N) is 1. The molecule has 3 nitrogen and oxygen atoms in total. The summed E-state index contributed by atoms with van der Waals surface area (Å²) >= 11 is 0. The molecule has 1 amide bonds. The summed E-state index contributed by atoms with van der Waals surface area (Å²) in [5.41, 5.74) is -0.0525. The second-order valence-electron chi connectivity index (χ2n) is 4.50. The Morgan fingerprint density at radius 3 is 2.77 bits per heavy atom. The molecule has 0 aromatic heterocycles. The Hall–Kier alpha value is -0.570. The maximum atomic E-state index is 11.3. The SMILES string of the molecule is CCCCN1CC(=O)NC(C)(C)C1. The van der Waals surface area contributed by atoms with Crippen molar-refractivity contribution in [3.63, 3.8) is 0 Å². The van der Waals surface area contributed by atoms with Gasteiger partial charge in [0, 0.05) is 12.1 Å². The van der Waals surface area contributed by atoms with E-state index < -0.39 is 0 Å². The van der Waals surface area contributed by atoms with Gasteiger partial charge in [0.15, 0.2) is 0 Å². The van der Waals surface area contributed by atoms with Crippen LogP contribution in [0.1, 0.15) is 33.6 Å². The Bertz CT molecular complexity index is 189. The number of carbonyl (C=O) groups is 1. The van der Waals surface area contributed by atoms with Crippen LogP contribution >= 0.6 is 0 Å². The number of hydrogen-bond donors (Lipinski definition) is 1. The van der Waals surface area contributed by atoms with Crippen LogP contribution in [0, 0.1) is 0 Å². The number of amides is 1. The van der Waals surface area contributed by atoms with E-state index >= 15 is 0 Å². The zero-order chi connectivity index (χ0) is 9.90. The van der Waals surface area contributed by atoms with Crippen molar-refractivity contribution >= 4 is 5.91 Å². The molecule has 0 aromatic rings. The van der Waals surface area contributed by atoms with Crippen molar-refractivity contribution in [3.8, 4) is 0 Å². The summed E-state index contributed by atoms with van der Waals surface area (Å²) in [6.45, 7) is 8.91. The fourth-order valence-corrected chi connectivity index (χ4v) is 1.81. The predicted octanol–water partition coefficient (Wildman–Crippen LogP) is 0.997. The van der Waals surface area contributed by atoms with Gasteiger partial charge in [0.25, 0.3) is 0 Å². The molecule has 1 N–H and O–H groups in total. The molecule has 1 aliphatic rings. The van der Waals surface area contributed by atoms with E-state index in [1.807, 2.05) is 0 Å². The third kappa shape index (κ3) is 3.35. The van der Waals surface area contributed by atoms with Crippen LogP contribution in [0.3, 0.4) is 0 Å². The Kier molecular flexibility index (Phi) is 3.31. The fraction of sp³-hybridized carbons (Fsp3) is 0.900. The van der Waals surface area contributed by atoms with Gasteiger partial charge in [-0.2, -0.15) is 0 Å². The molecule has 0 aromatic carbocycles. The zero-order valence-corrected chi connectivity index (χ0v) is 8.89. The van der Waals surface area contributed by atoms with Crippen molar-refractivity contribution in [1.29, 1.82) is 0 Å². The van der Waals surface area contributed by atoms with E-state index in [2.05, 4.69) is 31.0 Å². The molecule has 1 aliphatic heterocycles. The van der Waals surface area contributed by atoms with Crippen molar-refractivity contribution in [2.24, 2.45) is 0 Å². The summed E-state index contributed by atoms with van der Waals surface area (Å²) in [4.78, 5) is 13.5. The standard InChI is InChI=1S/C10H20N2O/c1-4-5-6-12-7-9(13)11-10(2,3)8-12/h4-8H2,1-3H3,(H,11,13). The van der Waals surface area contributed by atoms with Crippen molar-refractivity contribution in [2.75, 3.05) is 19.6 Å². The zero-order valence-electron chi connectivity index (χ0n) is 8.89. The van der Waals surface area contributed by atoms with Gasteiger partial charge < -0.3 is 5.32 Å². The maximum absolute atomic E-state index is 11.3. The third-order valence-corrected chi connectivity index (χ3v) is 2.29. The quantitative estimate of drug-likeness (QED) is 0.709. The fourth-order valence-electron chi connectivity index (χ4n) is 1.81. The Morgan fingerprint density at radius 2 is 2.23 bits per heavy atom. The first-order valence-corrected chi connectivity index (χ1v) is 5.07. The van der Waals surface area contributed by atoms with Crippen LogP contribution in [0.4, 0.5) is 0 Å². The minimum Gasteiger partial charge on any atom is -0.349 e. The lowest BCUT2D eigenvalue weighted by Crippen LogP contribution is -2.59. The van der Waals surface area contributed by atoms with Crippen molar-refractivity contribution < 1.29 is 4.79 Å². The first-order valence-electron chi connectivity index (χ1n) is 5.07. The molecule has 0 unspecified atom stereocenters. The molecule has 0 aliphatic carbocycles. The van der Waals surface area contributed by atoms with Crippen molar-refractivity contribution in [2.45, 2.75) is 39.2 Å². The van der Waals surface area contributed by atoms with E-state index in [4.69, 9.17) is 0 Å². The van der Waals surface area contributed by atoms with Crippen molar-refractivity contribution in [1.82, 2.24) is 10.2 Å². The molecule has 76 valence electrons. The Morgan fingerprint density at radius 1 is 1.54 bits per heavy atom. The third-order valence-electron chi connectivity index (χ3n) is 2.29. The van der Waals surface area contributed by atoms with Gasteiger partial charge in [-0.05, 0) is 26.8 Å². The van der Waals surface area contributed by atoms with Gasteiger partial charge in [-0.1, -0.05) is 13.3 Å². The van der Waals surface area contributed by atoms with Crippen LogP contribution < -0.4 is 5.32 Å². The van der Waals surface area contributed by atoms with E-state index in [1.54, 1.807) is 0 Å². The van der Waals surface area contributed by atoms with Gasteiger partial charge in [-0.15, -0.1) is 0 Å². The van der Waals surface area contributed by atoms with Crippen LogP contribution in [0.15, 0.2) is 0 Å². The van der Waals surface area contributed by atoms with E-state index in [9.17, 15) is 4.79 Å². The first kappa shape index (κ1) is 10.5. The van der Waals surface area contributed by atoms with Gasteiger partial charge in [0.05, 0.1) is 6.54 Å². The average Bonchev–Trinajstić information content (AvgIpc) is 1.97. The lowest BCUT2D eigenvalue weighted by Gasteiger charge is -2.38. The maximum Gasteiger partial charge on any atom is 0.234 e. The highest BCUT2D eigenvalue weighted by molar-refractivity contribution is 5.79. The average molecular weight is 184 g/mol. The Balaban J connectivity index is 2.43. The molecule has 1 rings (SSSR count). The smallest absolute Gasteiger partial charge is 0.234 e. The lowest BCUT2D eigenvalue weighted by atomic mass is 10.0. The van der Waals surface area contributed by atoms with Gasteiger partial charge in [-0.3, -0.25) is 9.69 Å². The number of rotatable bonds is 3. The largest absolute Gasteiger partial charge is 0.349 e. The number of carbonyl (C=O) groups excluding carboxylic acids is 1. The topological polar surface area (TPSA) is 32.3 Å². The molecule has 0 bridgehead atoms.